The molecule has 1 aliphatic heterocycles. The van der Waals surface area contributed by atoms with Gasteiger partial charge in [-0.25, -0.2) is 0 Å². The Balaban J connectivity index is 1.81. The first-order valence-corrected chi connectivity index (χ1v) is 9.26. The van der Waals surface area contributed by atoms with E-state index in [9.17, 15) is 14.4 Å². The van der Waals surface area contributed by atoms with Gasteiger partial charge in [-0.15, -0.1) is 0 Å². The lowest BCUT2D eigenvalue weighted by atomic mass is 10.0. The van der Waals surface area contributed by atoms with Gasteiger partial charge in [-0.1, -0.05) is 13.8 Å². The number of carbonyl (C=O) groups is 2. The topological polar surface area (TPSA) is 82.7 Å². The van der Waals surface area contributed by atoms with E-state index in [2.05, 4.69) is 18.8 Å². The van der Waals surface area contributed by atoms with Crippen molar-refractivity contribution >= 4 is 11.8 Å². The molecule has 1 atom stereocenters. The first-order chi connectivity index (χ1) is 12.4. The number of nitrogens with one attached hydrogen (secondary N) is 1. The number of aromatic nitrogens is 1. The molecule has 0 radical (unpaired) electrons. The van der Waals surface area contributed by atoms with E-state index in [1.807, 2.05) is 4.90 Å². The molecule has 1 saturated carbocycles. The Morgan fingerprint density at radius 2 is 2.08 bits per heavy atom. The molecule has 0 unspecified atom stereocenters. The highest BCUT2D eigenvalue weighted by Gasteiger charge is 2.36. The molecule has 3 rings (SSSR count). The minimum absolute atomic E-state index is 0.000444. The fourth-order valence-electron chi connectivity index (χ4n) is 3.46. The lowest BCUT2D eigenvalue weighted by Gasteiger charge is -2.34. The average molecular weight is 361 g/mol. The van der Waals surface area contributed by atoms with Gasteiger partial charge >= 0.3 is 0 Å². The SMILES string of the molecule is COc1c[nH]c(C(=O)N2CCC(=O)N(CC3CC3)[C@@H](C(C)C)C2)cc1=O. The lowest BCUT2D eigenvalue weighted by Crippen LogP contribution is -2.48. The second kappa shape index (κ2) is 7.51. The molecule has 0 bridgehead atoms. The van der Waals surface area contributed by atoms with Crippen LogP contribution >= 0.6 is 0 Å². The minimum Gasteiger partial charge on any atom is -0.491 e. The van der Waals surface area contributed by atoms with Crippen LogP contribution in [0.3, 0.4) is 0 Å². The number of nitrogens with zero attached hydrogens (tertiary/aromatic N) is 2. The third-order valence-electron chi connectivity index (χ3n) is 5.26. The zero-order valence-electron chi connectivity index (χ0n) is 15.7. The van der Waals surface area contributed by atoms with Crippen molar-refractivity contribution in [2.75, 3.05) is 26.7 Å². The summed E-state index contributed by atoms with van der Waals surface area (Å²) in [5, 5.41) is 0. The van der Waals surface area contributed by atoms with Crippen LogP contribution in [0.1, 0.15) is 43.6 Å². The van der Waals surface area contributed by atoms with E-state index in [0.717, 1.165) is 6.54 Å². The van der Waals surface area contributed by atoms with E-state index in [4.69, 9.17) is 4.74 Å². The Morgan fingerprint density at radius 1 is 1.35 bits per heavy atom. The van der Waals surface area contributed by atoms with Gasteiger partial charge in [0.1, 0.15) is 5.69 Å². The monoisotopic (exact) mass is 361 g/mol. The first-order valence-electron chi connectivity index (χ1n) is 9.26. The fourth-order valence-corrected chi connectivity index (χ4v) is 3.46. The highest BCUT2D eigenvalue weighted by Crippen LogP contribution is 2.32. The van der Waals surface area contributed by atoms with E-state index in [-0.39, 0.29) is 40.6 Å². The molecule has 1 N–H and O–H groups in total. The molecular formula is C19H27N3O4. The number of rotatable bonds is 5. The summed E-state index contributed by atoms with van der Waals surface area (Å²) in [5.41, 5.74) is -0.113. The third-order valence-corrected chi connectivity index (χ3v) is 5.26. The number of amides is 2. The molecule has 2 heterocycles. The van der Waals surface area contributed by atoms with Crippen LogP contribution in [-0.4, -0.2) is 59.4 Å². The van der Waals surface area contributed by atoms with Gasteiger partial charge in [-0.05, 0) is 24.7 Å². The highest BCUT2D eigenvalue weighted by atomic mass is 16.5. The molecule has 7 heteroatoms. The van der Waals surface area contributed by atoms with Gasteiger partial charge in [0.15, 0.2) is 5.75 Å². The first kappa shape index (κ1) is 18.5. The van der Waals surface area contributed by atoms with Crippen LogP contribution in [0.5, 0.6) is 5.75 Å². The van der Waals surface area contributed by atoms with Crippen molar-refractivity contribution in [3.8, 4) is 5.75 Å². The zero-order valence-corrected chi connectivity index (χ0v) is 15.7. The van der Waals surface area contributed by atoms with E-state index in [1.54, 1.807) is 4.90 Å². The number of aromatic amines is 1. The Labute approximate surface area is 153 Å². The van der Waals surface area contributed by atoms with Crippen molar-refractivity contribution in [2.45, 2.75) is 39.2 Å². The molecular weight excluding hydrogens is 334 g/mol. The van der Waals surface area contributed by atoms with Crippen LogP contribution in [0, 0.1) is 11.8 Å². The summed E-state index contributed by atoms with van der Waals surface area (Å²) in [6.07, 6.45) is 4.09. The molecule has 1 aliphatic carbocycles. The molecule has 2 aliphatic rings. The molecule has 2 amide bonds. The van der Waals surface area contributed by atoms with Crippen LogP contribution in [0.4, 0.5) is 0 Å². The average Bonchev–Trinajstić information content (AvgIpc) is 3.44. The standard InChI is InChI=1S/C19H27N3O4/c1-12(2)15-11-21(7-6-18(24)22(15)10-13-4-5-13)19(25)14-8-16(23)17(26-3)9-20-14/h8-9,12-13,15H,4-7,10-11H2,1-3H3,(H,20,23)/t15-/m1/s1. The van der Waals surface area contributed by atoms with Crippen LogP contribution < -0.4 is 10.2 Å². The molecule has 0 spiro atoms. The minimum atomic E-state index is -0.337. The summed E-state index contributed by atoms with van der Waals surface area (Å²) >= 11 is 0. The fraction of sp³-hybridized carbons (Fsp3) is 0.632. The normalized spacial score (nSPS) is 21.1. The van der Waals surface area contributed by atoms with Crippen LogP contribution in [0.25, 0.3) is 0 Å². The molecule has 1 aromatic heterocycles. The number of H-pyrrole nitrogens is 1. The van der Waals surface area contributed by atoms with E-state index >= 15 is 0 Å². The van der Waals surface area contributed by atoms with Gasteiger partial charge in [-0.2, -0.15) is 0 Å². The summed E-state index contributed by atoms with van der Waals surface area (Å²) in [4.78, 5) is 44.0. The summed E-state index contributed by atoms with van der Waals surface area (Å²) in [7, 11) is 1.41. The molecule has 2 fully saturated rings. The summed E-state index contributed by atoms with van der Waals surface area (Å²) in [5.74, 6) is 0.898. The number of hydrogen-bond acceptors (Lipinski definition) is 4. The van der Waals surface area contributed by atoms with Crippen LogP contribution in [-0.2, 0) is 4.79 Å². The van der Waals surface area contributed by atoms with Gasteiger partial charge in [0.05, 0.1) is 13.2 Å². The van der Waals surface area contributed by atoms with Gasteiger partial charge in [0, 0.05) is 38.3 Å². The molecule has 0 aromatic carbocycles. The Bertz CT molecular complexity index is 739. The number of carbonyl (C=O) groups excluding carboxylic acids is 2. The van der Waals surface area contributed by atoms with Crippen LogP contribution in [0.15, 0.2) is 17.1 Å². The highest BCUT2D eigenvalue weighted by molar-refractivity contribution is 5.93. The smallest absolute Gasteiger partial charge is 0.270 e. The quantitative estimate of drug-likeness (QED) is 0.861. The van der Waals surface area contributed by atoms with Gasteiger partial charge in [-0.3, -0.25) is 14.4 Å². The number of pyridine rings is 1. The molecule has 1 saturated heterocycles. The van der Waals surface area contributed by atoms with Crippen molar-refractivity contribution < 1.29 is 14.3 Å². The second-order valence-electron chi connectivity index (χ2n) is 7.58. The van der Waals surface area contributed by atoms with E-state index < -0.39 is 0 Å². The number of methoxy groups -OCH3 is 1. The van der Waals surface area contributed by atoms with Crippen molar-refractivity contribution in [2.24, 2.45) is 11.8 Å². The largest absolute Gasteiger partial charge is 0.491 e. The van der Waals surface area contributed by atoms with E-state index in [0.29, 0.717) is 25.4 Å². The maximum Gasteiger partial charge on any atom is 0.270 e. The molecule has 7 nitrogen and oxygen atoms in total. The van der Waals surface area contributed by atoms with Gasteiger partial charge in [0.2, 0.25) is 11.3 Å². The number of ether oxygens (including phenoxy) is 1. The van der Waals surface area contributed by atoms with E-state index in [1.165, 1.54) is 32.2 Å². The summed E-state index contributed by atoms with van der Waals surface area (Å²) in [6, 6.07) is 1.26. The van der Waals surface area contributed by atoms with Crippen molar-refractivity contribution in [3.05, 3.63) is 28.2 Å². The third kappa shape index (κ3) is 3.92. The number of hydrogen-bond donors (Lipinski definition) is 1. The maximum absolute atomic E-state index is 12.9. The Morgan fingerprint density at radius 3 is 2.65 bits per heavy atom. The summed E-state index contributed by atoms with van der Waals surface area (Å²) < 4.78 is 4.94. The lowest BCUT2D eigenvalue weighted by molar-refractivity contribution is -0.133. The molecule has 142 valence electrons. The predicted molar refractivity (Wildman–Crippen MR) is 97.2 cm³/mol. The van der Waals surface area contributed by atoms with Crippen LogP contribution in [0.2, 0.25) is 0 Å². The molecule has 26 heavy (non-hydrogen) atoms. The summed E-state index contributed by atoms with van der Waals surface area (Å²) in [6.45, 7) is 5.82. The van der Waals surface area contributed by atoms with Gasteiger partial charge < -0.3 is 19.5 Å². The maximum atomic E-state index is 12.9. The Kier molecular flexibility index (Phi) is 5.34. The van der Waals surface area contributed by atoms with Crippen molar-refractivity contribution in [3.63, 3.8) is 0 Å². The second-order valence-corrected chi connectivity index (χ2v) is 7.58. The molecule has 1 aromatic rings. The van der Waals surface area contributed by atoms with Gasteiger partial charge in [0.25, 0.3) is 5.91 Å². The van der Waals surface area contributed by atoms with Crippen molar-refractivity contribution in [1.29, 1.82) is 0 Å². The predicted octanol–water partition coefficient (Wildman–Crippen LogP) is 1.49. The Hall–Kier alpha value is -2.31. The zero-order chi connectivity index (χ0) is 18.8. The van der Waals surface area contributed by atoms with Crippen molar-refractivity contribution in [1.82, 2.24) is 14.8 Å².